The average Bonchev–Trinajstić information content (AvgIpc) is 2.48. The molecular formula is C19H28ClFN2O2. The molecule has 1 aromatic carbocycles. The van der Waals surface area contributed by atoms with Gasteiger partial charge < -0.3 is 10.1 Å². The first kappa shape index (κ1) is 20.1. The molecule has 2 rings (SSSR count). The van der Waals surface area contributed by atoms with E-state index in [0.29, 0.717) is 43.2 Å². The summed E-state index contributed by atoms with van der Waals surface area (Å²) in [5, 5.41) is 3.34. The fourth-order valence-electron chi connectivity index (χ4n) is 3.13. The second kappa shape index (κ2) is 8.47. The van der Waals surface area contributed by atoms with Crippen molar-refractivity contribution < 1.29 is 13.9 Å². The molecule has 0 aromatic heterocycles. The molecule has 0 saturated carbocycles. The molecule has 0 bridgehead atoms. The highest BCUT2D eigenvalue weighted by Crippen LogP contribution is 2.31. The van der Waals surface area contributed by atoms with E-state index in [1.807, 2.05) is 27.7 Å². The molecule has 0 aliphatic carbocycles. The van der Waals surface area contributed by atoms with Crippen molar-refractivity contribution in [1.29, 1.82) is 0 Å². The first-order valence-corrected chi connectivity index (χ1v) is 9.11. The number of carbonyl (C=O) groups is 1. The summed E-state index contributed by atoms with van der Waals surface area (Å²) < 4.78 is 20.1. The van der Waals surface area contributed by atoms with Crippen LogP contribution in [0.15, 0.2) is 18.2 Å². The number of benzene rings is 1. The lowest BCUT2D eigenvalue weighted by Crippen LogP contribution is -2.47. The third kappa shape index (κ3) is 5.94. The van der Waals surface area contributed by atoms with Gasteiger partial charge in [0.05, 0.1) is 18.8 Å². The molecule has 1 fully saturated rings. The van der Waals surface area contributed by atoms with Crippen molar-refractivity contribution in [3.05, 3.63) is 34.6 Å². The van der Waals surface area contributed by atoms with Crippen molar-refractivity contribution in [2.45, 2.75) is 46.3 Å². The Morgan fingerprint density at radius 1 is 1.48 bits per heavy atom. The molecule has 1 aliphatic rings. The number of rotatable bonds is 5. The zero-order valence-corrected chi connectivity index (χ0v) is 16.2. The molecule has 1 amide bonds. The van der Waals surface area contributed by atoms with Gasteiger partial charge in [0.25, 0.3) is 0 Å². The molecule has 1 aromatic rings. The summed E-state index contributed by atoms with van der Waals surface area (Å²) in [6.45, 7) is 10.3. The maximum Gasteiger partial charge on any atom is 0.220 e. The van der Waals surface area contributed by atoms with E-state index in [1.165, 1.54) is 6.07 Å². The van der Waals surface area contributed by atoms with E-state index in [2.05, 4.69) is 10.2 Å². The smallest absolute Gasteiger partial charge is 0.220 e. The summed E-state index contributed by atoms with van der Waals surface area (Å²) in [6.07, 6.45) is 0.483. The van der Waals surface area contributed by atoms with Crippen molar-refractivity contribution >= 4 is 17.5 Å². The maximum absolute atomic E-state index is 14.5. The zero-order valence-electron chi connectivity index (χ0n) is 15.4. The van der Waals surface area contributed by atoms with Crippen LogP contribution in [0.5, 0.6) is 0 Å². The van der Waals surface area contributed by atoms with Crippen LogP contribution in [0.25, 0.3) is 0 Å². The molecule has 0 unspecified atom stereocenters. The van der Waals surface area contributed by atoms with Crippen LogP contribution in [0.1, 0.15) is 45.7 Å². The molecular weight excluding hydrogens is 343 g/mol. The Morgan fingerprint density at radius 3 is 2.80 bits per heavy atom. The first-order valence-electron chi connectivity index (χ1n) is 8.73. The van der Waals surface area contributed by atoms with Crippen LogP contribution in [-0.2, 0) is 9.53 Å². The lowest BCUT2D eigenvalue weighted by atomic mass is 9.92. The summed E-state index contributed by atoms with van der Waals surface area (Å²) in [5.74, 6) is -0.381. The van der Waals surface area contributed by atoms with Crippen molar-refractivity contribution in [2.75, 3.05) is 26.2 Å². The molecule has 1 aliphatic heterocycles. The van der Waals surface area contributed by atoms with Crippen LogP contribution >= 0.6 is 11.6 Å². The van der Waals surface area contributed by atoms with Gasteiger partial charge in [-0.15, -0.1) is 0 Å². The van der Waals surface area contributed by atoms with Crippen molar-refractivity contribution in [2.24, 2.45) is 5.41 Å². The third-order valence-corrected chi connectivity index (χ3v) is 4.56. The molecule has 2 atom stereocenters. The maximum atomic E-state index is 14.5. The summed E-state index contributed by atoms with van der Waals surface area (Å²) in [7, 11) is 0. The average molecular weight is 371 g/mol. The van der Waals surface area contributed by atoms with Gasteiger partial charge in [0.15, 0.2) is 0 Å². The highest BCUT2D eigenvalue weighted by molar-refractivity contribution is 6.31. The Bertz CT molecular complexity index is 583. The van der Waals surface area contributed by atoms with Crippen molar-refractivity contribution in [1.82, 2.24) is 10.2 Å². The number of ether oxygens (including phenoxy) is 1. The van der Waals surface area contributed by atoms with Gasteiger partial charge in [-0.05, 0) is 24.5 Å². The second-order valence-corrected chi connectivity index (χ2v) is 8.28. The Kier molecular flexibility index (Phi) is 6.83. The van der Waals surface area contributed by atoms with E-state index in [1.54, 1.807) is 12.1 Å². The summed E-state index contributed by atoms with van der Waals surface area (Å²) in [4.78, 5) is 14.4. The Balaban J connectivity index is 2.19. The number of nitrogens with zero attached hydrogens (tertiary/aromatic N) is 1. The zero-order chi connectivity index (χ0) is 18.6. The van der Waals surface area contributed by atoms with Crippen LogP contribution < -0.4 is 5.32 Å². The molecule has 4 nitrogen and oxygen atoms in total. The highest BCUT2D eigenvalue weighted by atomic mass is 35.5. The number of halogens is 2. The van der Waals surface area contributed by atoms with Gasteiger partial charge in [0.1, 0.15) is 5.82 Å². The van der Waals surface area contributed by atoms with Crippen LogP contribution in [0.3, 0.4) is 0 Å². The number of nitrogens with one attached hydrogen (secondary N) is 1. The van der Waals surface area contributed by atoms with Crippen molar-refractivity contribution in [3.8, 4) is 0 Å². The van der Waals surface area contributed by atoms with Gasteiger partial charge in [-0.2, -0.15) is 0 Å². The normalized spacial score (nSPS) is 20.3. The van der Waals surface area contributed by atoms with E-state index in [0.717, 1.165) is 0 Å². The summed E-state index contributed by atoms with van der Waals surface area (Å²) in [5.41, 5.74) is 0.345. The lowest BCUT2D eigenvalue weighted by Gasteiger charge is -2.38. The lowest BCUT2D eigenvalue weighted by molar-refractivity contribution is -0.123. The topological polar surface area (TPSA) is 41.6 Å². The van der Waals surface area contributed by atoms with E-state index in [4.69, 9.17) is 16.3 Å². The van der Waals surface area contributed by atoms with Gasteiger partial charge in [0, 0.05) is 36.6 Å². The molecule has 1 heterocycles. The van der Waals surface area contributed by atoms with E-state index >= 15 is 0 Å². The Labute approximate surface area is 154 Å². The van der Waals surface area contributed by atoms with Gasteiger partial charge >= 0.3 is 0 Å². The molecule has 0 radical (unpaired) electrons. The monoisotopic (exact) mass is 370 g/mol. The minimum absolute atomic E-state index is 0.0359. The third-order valence-electron chi connectivity index (χ3n) is 4.23. The standard InChI is InChI=1S/C19H28ClFN2O2/c1-13-12-23(8-9-25-13)16(11-22-17(24)10-19(2,3)4)18-14(20)6-5-7-15(18)21/h5-7,13,16H,8-12H2,1-4H3,(H,22,24)/t13-,16+/m1/s1. The van der Waals surface area contributed by atoms with E-state index in [-0.39, 0.29) is 29.3 Å². The quantitative estimate of drug-likeness (QED) is 0.857. The predicted molar refractivity (Wildman–Crippen MR) is 98.2 cm³/mol. The van der Waals surface area contributed by atoms with Crippen LogP contribution in [0.4, 0.5) is 4.39 Å². The number of hydrogen-bond donors (Lipinski definition) is 1. The molecule has 1 saturated heterocycles. The largest absolute Gasteiger partial charge is 0.376 e. The summed E-state index contributed by atoms with van der Waals surface area (Å²) in [6, 6.07) is 4.38. The predicted octanol–water partition coefficient (Wildman–Crippen LogP) is 3.79. The van der Waals surface area contributed by atoms with Crippen LogP contribution in [0.2, 0.25) is 5.02 Å². The molecule has 25 heavy (non-hydrogen) atoms. The van der Waals surface area contributed by atoms with Crippen LogP contribution in [0, 0.1) is 11.2 Å². The fraction of sp³-hybridized carbons (Fsp3) is 0.632. The molecule has 1 N–H and O–H groups in total. The number of hydrogen-bond acceptors (Lipinski definition) is 3. The van der Waals surface area contributed by atoms with E-state index in [9.17, 15) is 9.18 Å². The number of amides is 1. The Hall–Kier alpha value is -1.17. The first-order chi connectivity index (χ1) is 11.7. The van der Waals surface area contributed by atoms with E-state index < -0.39 is 0 Å². The molecule has 140 valence electrons. The fourth-order valence-corrected chi connectivity index (χ4v) is 3.41. The Morgan fingerprint density at radius 2 is 2.20 bits per heavy atom. The SMILES string of the molecule is C[C@@H]1CN([C@@H](CNC(=O)CC(C)(C)C)c2c(F)cccc2Cl)CCO1. The number of carbonyl (C=O) groups excluding carboxylic acids is 1. The minimum atomic E-state index is -0.346. The summed E-state index contributed by atoms with van der Waals surface area (Å²) >= 11 is 6.29. The molecule has 6 heteroatoms. The number of morpholine rings is 1. The molecule has 0 spiro atoms. The van der Waals surface area contributed by atoms with Gasteiger partial charge in [-0.3, -0.25) is 9.69 Å². The van der Waals surface area contributed by atoms with Crippen LogP contribution in [-0.4, -0.2) is 43.2 Å². The van der Waals surface area contributed by atoms with Gasteiger partial charge in [-0.25, -0.2) is 4.39 Å². The minimum Gasteiger partial charge on any atom is -0.376 e. The second-order valence-electron chi connectivity index (χ2n) is 7.87. The highest BCUT2D eigenvalue weighted by Gasteiger charge is 2.29. The van der Waals surface area contributed by atoms with Gasteiger partial charge in [-0.1, -0.05) is 38.4 Å². The van der Waals surface area contributed by atoms with Gasteiger partial charge in [0.2, 0.25) is 5.91 Å². The van der Waals surface area contributed by atoms with Crippen molar-refractivity contribution in [3.63, 3.8) is 0 Å².